The van der Waals surface area contributed by atoms with Gasteiger partial charge in [-0.1, -0.05) is 12.1 Å². The number of nitrogens with two attached hydrogens (primary N) is 1. The van der Waals surface area contributed by atoms with Crippen molar-refractivity contribution in [2.24, 2.45) is 5.73 Å². The van der Waals surface area contributed by atoms with Crippen LogP contribution in [0.25, 0.3) is 0 Å². The molecule has 0 heterocycles. The number of hydrogen-bond donors (Lipinski definition) is 2. The number of anilines is 1. The lowest BCUT2D eigenvalue weighted by atomic mass is 10.2. The molecular formula is C18H34ClN4+. The summed E-state index contributed by atoms with van der Waals surface area (Å²) in [6.45, 7) is 5.99. The van der Waals surface area contributed by atoms with Crippen LogP contribution in [0.2, 0.25) is 0 Å². The van der Waals surface area contributed by atoms with Gasteiger partial charge in [-0.05, 0) is 24.2 Å². The van der Waals surface area contributed by atoms with Gasteiger partial charge in [-0.15, -0.1) is 11.6 Å². The van der Waals surface area contributed by atoms with Crippen LogP contribution in [-0.2, 0) is 6.54 Å². The quantitative estimate of drug-likeness (QED) is 0.348. The summed E-state index contributed by atoms with van der Waals surface area (Å²) in [4.78, 5) is 2.17. The Morgan fingerprint density at radius 2 is 1.78 bits per heavy atom. The monoisotopic (exact) mass is 341 g/mol. The highest BCUT2D eigenvalue weighted by atomic mass is 35.5. The molecule has 0 aliphatic rings. The Morgan fingerprint density at radius 1 is 1.13 bits per heavy atom. The first kappa shape index (κ1) is 20.2. The van der Waals surface area contributed by atoms with E-state index in [4.69, 9.17) is 17.3 Å². The van der Waals surface area contributed by atoms with E-state index in [0.717, 1.165) is 43.6 Å². The molecule has 1 aromatic rings. The number of benzene rings is 1. The van der Waals surface area contributed by atoms with Crippen LogP contribution in [0, 0.1) is 0 Å². The minimum absolute atomic E-state index is 0.653. The second kappa shape index (κ2) is 10.9. The smallest absolute Gasteiger partial charge is 0.0794 e. The van der Waals surface area contributed by atoms with Gasteiger partial charge in [0, 0.05) is 51.1 Å². The topological polar surface area (TPSA) is 41.3 Å². The third-order valence-electron chi connectivity index (χ3n) is 4.21. The fraction of sp³-hybridized carbons (Fsp3) is 0.667. The predicted molar refractivity (Wildman–Crippen MR) is 102 cm³/mol. The minimum atomic E-state index is 0.653. The molecule has 0 saturated carbocycles. The average Bonchev–Trinajstić information content (AvgIpc) is 2.53. The molecule has 0 atom stereocenters. The first-order chi connectivity index (χ1) is 11.0. The van der Waals surface area contributed by atoms with E-state index < -0.39 is 0 Å². The molecule has 1 rings (SSSR count). The third-order valence-corrected chi connectivity index (χ3v) is 4.38. The average molecular weight is 342 g/mol. The maximum Gasteiger partial charge on any atom is 0.0794 e. The third kappa shape index (κ3) is 8.56. The van der Waals surface area contributed by atoms with Crippen molar-refractivity contribution in [2.45, 2.75) is 19.4 Å². The largest absolute Gasteiger partial charge is 0.373 e. The van der Waals surface area contributed by atoms with Gasteiger partial charge in [0.15, 0.2) is 0 Å². The number of hydrogen-bond acceptors (Lipinski definition) is 3. The normalized spacial score (nSPS) is 11.7. The Bertz CT molecular complexity index is 420. The van der Waals surface area contributed by atoms with E-state index in [1.54, 1.807) is 0 Å². The molecule has 0 fully saturated rings. The van der Waals surface area contributed by atoms with Crippen LogP contribution in [-0.4, -0.2) is 64.2 Å². The van der Waals surface area contributed by atoms with E-state index in [2.05, 4.69) is 55.6 Å². The molecule has 0 aromatic heterocycles. The Labute approximate surface area is 147 Å². The molecular weight excluding hydrogens is 308 g/mol. The predicted octanol–water partition coefficient (Wildman–Crippen LogP) is 2.27. The minimum Gasteiger partial charge on any atom is -0.373 e. The van der Waals surface area contributed by atoms with Crippen molar-refractivity contribution in [3.8, 4) is 0 Å². The lowest BCUT2D eigenvalue weighted by Gasteiger charge is -2.29. The zero-order valence-corrected chi connectivity index (χ0v) is 15.8. The maximum absolute atomic E-state index is 5.78. The van der Waals surface area contributed by atoms with Gasteiger partial charge < -0.3 is 20.4 Å². The molecule has 0 radical (unpaired) electrons. The molecule has 0 aliphatic carbocycles. The molecule has 4 nitrogen and oxygen atoms in total. The number of rotatable bonds is 12. The molecule has 0 amide bonds. The zero-order chi connectivity index (χ0) is 17.1. The molecule has 132 valence electrons. The lowest BCUT2D eigenvalue weighted by molar-refractivity contribution is -0.890. The Balaban J connectivity index is 2.23. The summed E-state index contributed by atoms with van der Waals surface area (Å²) < 4.78 is 1.06. The maximum atomic E-state index is 5.78. The van der Waals surface area contributed by atoms with Gasteiger partial charge in [-0.3, -0.25) is 0 Å². The van der Waals surface area contributed by atoms with E-state index in [1.807, 2.05) is 0 Å². The first-order valence-electron chi connectivity index (χ1n) is 8.57. The molecule has 5 heteroatoms. The molecule has 0 unspecified atom stereocenters. The second-order valence-electron chi connectivity index (χ2n) is 6.83. The van der Waals surface area contributed by atoms with E-state index in [0.29, 0.717) is 5.88 Å². The highest BCUT2D eigenvalue weighted by molar-refractivity contribution is 6.18. The molecule has 23 heavy (non-hydrogen) atoms. The van der Waals surface area contributed by atoms with Crippen LogP contribution in [0.3, 0.4) is 0 Å². The van der Waals surface area contributed by atoms with Crippen LogP contribution in [0.4, 0.5) is 5.69 Å². The van der Waals surface area contributed by atoms with Crippen LogP contribution in [0.15, 0.2) is 24.3 Å². The molecule has 0 bridgehead atoms. The highest BCUT2D eigenvalue weighted by Crippen LogP contribution is 2.13. The van der Waals surface area contributed by atoms with Gasteiger partial charge in [0.05, 0.1) is 27.2 Å². The zero-order valence-electron chi connectivity index (χ0n) is 15.0. The number of alkyl halides is 1. The Hall–Kier alpha value is -0.810. The summed E-state index contributed by atoms with van der Waals surface area (Å²) in [7, 11) is 6.64. The van der Waals surface area contributed by atoms with Crippen LogP contribution >= 0.6 is 11.6 Å². The van der Waals surface area contributed by atoms with Gasteiger partial charge in [0.1, 0.15) is 0 Å². The van der Waals surface area contributed by atoms with Gasteiger partial charge in [-0.2, -0.15) is 0 Å². The summed E-state index contributed by atoms with van der Waals surface area (Å²) >= 11 is 5.78. The lowest BCUT2D eigenvalue weighted by Crippen LogP contribution is -2.42. The number of nitrogens with zero attached hydrogens (tertiary/aromatic N) is 2. The summed E-state index contributed by atoms with van der Waals surface area (Å²) in [6.07, 6.45) is 2.29. The fourth-order valence-corrected chi connectivity index (χ4v) is 2.87. The van der Waals surface area contributed by atoms with Crippen molar-refractivity contribution in [1.82, 2.24) is 5.32 Å². The van der Waals surface area contributed by atoms with Crippen molar-refractivity contribution < 1.29 is 4.48 Å². The molecule has 0 aliphatic heterocycles. The first-order valence-corrected chi connectivity index (χ1v) is 9.11. The van der Waals surface area contributed by atoms with E-state index >= 15 is 0 Å². The summed E-state index contributed by atoms with van der Waals surface area (Å²) in [5, 5.41) is 3.53. The fourth-order valence-electron chi connectivity index (χ4n) is 2.62. The van der Waals surface area contributed by atoms with Crippen molar-refractivity contribution in [2.75, 3.05) is 64.6 Å². The summed E-state index contributed by atoms with van der Waals surface area (Å²) in [5.41, 5.74) is 8.13. The van der Waals surface area contributed by atoms with Crippen molar-refractivity contribution in [1.29, 1.82) is 0 Å². The number of nitrogens with one attached hydrogen (secondary N) is 1. The second-order valence-corrected chi connectivity index (χ2v) is 7.21. The van der Waals surface area contributed by atoms with Crippen molar-refractivity contribution in [3.63, 3.8) is 0 Å². The van der Waals surface area contributed by atoms with Gasteiger partial charge in [0.2, 0.25) is 0 Å². The van der Waals surface area contributed by atoms with E-state index in [1.165, 1.54) is 24.2 Å². The SMILES string of the molecule is CN(CCCl)c1ccc(CNCCC[N+](C)(C)CCCN)cc1. The van der Waals surface area contributed by atoms with E-state index in [9.17, 15) is 0 Å². The molecule has 0 spiro atoms. The van der Waals surface area contributed by atoms with Crippen LogP contribution in [0.1, 0.15) is 18.4 Å². The molecule has 1 aromatic carbocycles. The number of halogens is 1. The summed E-state index contributed by atoms with van der Waals surface area (Å²) in [5.74, 6) is 0.653. The van der Waals surface area contributed by atoms with E-state index in [-0.39, 0.29) is 0 Å². The molecule has 3 N–H and O–H groups in total. The van der Waals surface area contributed by atoms with Crippen molar-refractivity contribution >= 4 is 17.3 Å². The van der Waals surface area contributed by atoms with Gasteiger partial charge >= 0.3 is 0 Å². The molecule has 0 saturated heterocycles. The summed E-state index contributed by atoms with van der Waals surface area (Å²) in [6, 6.07) is 8.70. The van der Waals surface area contributed by atoms with Crippen LogP contribution < -0.4 is 16.0 Å². The Kier molecular flexibility index (Phi) is 9.56. The number of quaternary nitrogens is 1. The Morgan fingerprint density at radius 3 is 2.39 bits per heavy atom. The van der Waals surface area contributed by atoms with Crippen molar-refractivity contribution in [3.05, 3.63) is 29.8 Å². The highest BCUT2D eigenvalue weighted by Gasteiger charge is 2.12. The van der Waals surface area contributed by atoms with Gasteiger partial charge in [-0.25, -0.2) is 0 Å². The van der Waals surface area contributed by atoms with Crippen LogP contribution in [0.5, 0.6) is 0 Å². The standard InChI is InChI=1S/C18H34ClN4/c1-22(13-10-19)18-8-6-17(7-9-18)16-21-12-5-15-23(2,3)14-4-11-20/h6-9,21H,4-5,10-16,20H2,1-3H3/q+1. The van der Waals surface area contributed by atoms with Gasteiger partial charge in [0.25, 0.3) is 0 Å².